The molecule has 0 fully saturated rings. The molecule has 4 aromatic rings. The summed E-state index contributed by atoms with van der Waals surface area (Å²) < 4.78 is 5.98. The van der Waals surface area contributed by atoms with Crippen LogP contribution in [0.4, 0.5) is 0 Å². The van der Waals surface area contributed by atoms with Crippen LogP contribution in [0, 0.1) is 6.92 Å². The predicted octanol–water partition coefficient (Wildman–Crippen LogP) is 5.14. The molecule has 5 nitrogen and oxygen atoms in total. The average Bonchev–Trinajstić information content (AvgIpc) is 3.16. The molecule has 2 heterocycles. The molecular formula is C21H17N3O2S2. The summed E-state index contributed by atoms with van der Waals surface area (Å²) in [4.78, 5) is 17.6. The molecular weight excluding hydrogens is 390 g/mol. The fraction of sp³-hybridized carbons (Fsp3) is 0.143. The number of aromatic nitrogens is 3. The molecule has 0 saturated heterocycles. The zero-order chi connectivity index (χ0) is 19.5. The summed E-state index contributed by atoms with van der Waals surface area (Å²) in [6.45, 7) is 1.92. The minimum atomic E-state index is -0.388. The van der Waals surface area contributed by atoms with Crippen LogP contribution >= 0.6 is 23.1 Å². The summed E-state index contributed by atoms with van der Waals surface area (Å²) in [7, 11) is 1.40. The molecule has 4 rings (SSSR count). The minimum Gasteiger partial charge on any atom is -0.465 e. The third kappa shape index (κ3) is 3.63. The van der Waals surface area contributed by atoms with E-state index < -0.39 is 0 Å². The van der Waals surface area contributed by atoms with Crippen molar-refractivity contribution in [3.05, 3.63) is 70.9 Å². The summed E-state index contributed by atoms with van der Waals surface area (Å²) in [5, 5.41) is 10.0. The van der Waals surface area contributed by atoms with Gasteiger partial charge in [0.25, 0.3) is 0 Å². The summed E-state index contributed by atoms with van der Waals surface area (Å²) in [6.07, 6.45) is 0. The zero-order valence-corrected chi connectivity index (χ0v) is 17.0. The lowest BCUT2D eigenvalue weighted by Crippen LogP contribution is -2.10. The Morgan fingerprint density at radius 1 is 1.07 bits per heavy atom. The summed E-state index contributed by atoms with van der Waals surface area (Å²) in [6, 6.07) is 17.7. The third-order valence-corrected chi connectivity index (χ3v) is 6.24. The highest BCUT2D eigenvalue weighted by atomic mass is 32.2. The molecule has 0 aliphatic carbocycles. The summed E-state index contributed by atoms with van der Waals surface area (Å²) in [5.74, 6) is 0.116. The average molecular weight is 408 g/mol. The van der Waals surface area contributed by atoms with Gasteiger partial charge in [-0.1, -0.05) is 71.6 Å². The number of rotatable bonds is 5. The van der Waals surface area contributed by atoms with E-state index in [0.717, 1.165) is 31.4 Å². The van der Waals surface area contributed by atoms with Gasteiger partial charge >= 0.3 is 5.97 Å². The van der Waals surface area contributed by atoms with Crippen molar-refractivity contribution in [3.8, 4) is 11.1 Å². The number of aryl methyl sites for hydroxylation is 1. The molecule has 7 heteroatoms. The monoisotopic (exact) mass is 407 g/mol. The van der Waals surface area contributed by atoms with Gasteiger partial charge in [0, 0.05) is 16.7 Å². The molecule has 0 spiro atoms. The number of ether oxygens (including phenoxy) is 1. The SMILES string of the molecule is COC(=O)c1c(CSc2nnc(C)s2)nc2ccccc2c1-c1ccccc1. The maximum absolute atomic E-state index is 12.8. The van der Waals surface area contributed by atoms with Crippen molar-refractivity contribution in [1.82, 2.24) is 15.2 Å². The molecule has 0 aliphatic rings. The second-order valence-corrected chi connectivity index (χ2v) is 8.46. The fourth-order valence-corrected chi connectivity index (χ4v) is 4.82. The van der Waals surface area contributed by atoms with Gasteiger partial charge in [0.1, 0.15) is 5.01 Å². The quantitative estimate of drug-likeness (QED) is 0.337. The number of carbonyl (C=O) groups excluding carboxylic acids is 1. The molecule has 140 valence electrons. The van der Waals surface area contributed by atoms with Gasteiger partial charge in [0.05, 0.1) is 23.9 Å². The van der Waals surface area contributed by atoms with E-state index in [4.69, 9.17) is 9.72 Å². The zero-order valence-electron chi connectivity index (χ0n) is 15.4. The number of nitrogens with zero attached hydrogens (tertiary/aromatic N) is 3. The Bertz CT molecular complexity index is 1140. The Hall–Kier alpha value is -2.77. The third-order valence-electron chi connectivity index (χ3n) is 4.26. The topological polar surface area (TPSA) is 65.0 Å². The number of benzene rings is 2. The van der Waals surface area contributed by atoms with Crippen molar-refractivity contribution in [1.29, 1.82) is 0 Å². The highest BCUT2D eigenvalue weighted by Gasteiger charge is 2.23. The van der Waals surface area contributed by atoms with Crippen LogP contribution in [0.25, 0.3) is 22.0 Å². The number of fused-ring (bicyclic) bond motifs is 1. The van der Waals surface area contributed by atoms with Crippen LogP contribution in [-0.2, 0) is 10.5 Å². The normalized spacial score (nSPS) is 10.9. The minimum absolute atomic E-state index is 0.388. The lowest BCUT2D eigenvalue weighted by Gasteiger charge is -2.15. The summed E-state index contributed by atoms with van der Waals surface area (Å²) in [5.41, 5.74) is 3.84. The maximum atomic E-state index is 12.8. The number of hydrogen-bond acceptors (Lipinski definition) is 7. The van der Waals surface area contributed by atoms with E-state index in [-0.39, 0.29) is 5.97 Å². The molecule has 28 heavy (non-hydrogen) atoms. The Morgan fingerprint density at radius 3 is 2.54 bits per heavy atom. The number of esters is 1. The van der Waals surface area contributed by atoms with Crippen LogP contribution in [0.2, 0.25) is 0 Å². The van der Waals surface area contributed by atoms with E-state index >= 15 is 0 Å². The maximum Gasteiger partial charge on any atom is 0.340 e. The second-order valence-electron chi connectivity index (χ2n) is 6.06. The Morgan fingerprint density at radius 2 is 1.82 bits per heavy atom. The van der Waals surface area contributed by atoms with Gasteiger partial charge in [-0.3, -0.25) is 4.98 Å². The molecule has 0 bridgehead atoms. The van der Waals surface area contributed by atoms with Crippen LogP contribution in [0.1, 0.15) is 21.1 Å². The number of thioether (sulfide) groups is 1. The number of methoxy groups -OCH3 is 1. The first kappa shape index (κ1) is 18.6. The Balaban J connectivity index is 1.91. The number of para-hydroxylation sites is 1. The smallest absolute Gasteiger partial charge is 0.340 e. The van der Waals surface area contributed by atoms with Crippen molar-refractivity contribution < 1.29 is 9.53 Å². The van der Waals surface area contributed by atoms with E-state index in [2.05, 4.69) is 10.2 Å². The van der Waals surface area contributed by atoms with Gasteiger partial charge in [-0.05, 0) is 18.6 Å². The standard InChI is InChI=1S/C21H17N3O2S2/c1-13-23-24-21(28-13)27-12-17-19(20(25)26-2)18(14-8-4-3-5-9-14)15-10-6-7-11-16(15)22-17/h3-11H,12H2,1-2H3. The Labute approximate surface area is 170 Å². The van der Waals surface area contributed by atoms with Gasteiger partial charge in [-0.15, -0.1) is 10.2 Å². The van der Waals surface area contributed by atoms with Gasteiger partial charge in [0.15, 0.2) is 4.34 Å². The fourth-order valence-electron chi connectivity index (χ4n) is 3.06. The molecule has 2 aromatic carbocycles. The van der Waals surface area contributed by atoms with Gasteiger partial charge < -0.3 is 4.74 Å². The number of carbonyl (C=O) groups is 1. The molecule has 0 atom stereocenters. The van der Waals surface area contributed by atoms with E-state index in [1.165, 1.54) is 30.2 Å². The molecule has 0 aliphatic heterocycles. The first-order valence-electron chi connectivity index (χ1n) is 8.65. The molecule has 0 unspecified atom stereocenters. The van der Waals surface area contributed by atoms with Gasteiger partial charge in [-0.25, -0.2) is 4.79 Å². The first-order valence-corrected chi connectivity index (χ1v) is 10.5. The molecule has 0 saturated carbocycles. The largest absolute Gasteiger partial charge is 0.465 e. The van der Waals surface area contributed by atoms with E-state index in [9.17, 15) is 4.79 Å². The highest BCUT2D eigenvalue weighted by molar-refractivity contribution is 8.00. The molecule has 0 amide bonds. The van der Waals surface area contributed by atoms with Crippen LogP contribution in [0.3, 0.4) is 0 Å². The van der Waals surface area contributed by atoms with Gasteiger partial charge in [0.2, 0.25) is 0 Å². The van der Waals surface area contributed by atoms with Crippen LogP contribution in [-0.4, -0.2) is 28.3 Å². The van der Waals surface area contributed by atoms with E-state index in [1.807, 2.05) is 61.5 Å². The van der Waals surface area contributed by atoms with Crippen molar-refractivity contribution >= 4 is 40.0 Å². The lowest BCUT2D eigenvalue weighted by atomic mass is 9.94. The molecule has 0 radical (unpaired) electrons. The predicted molar refractivity (Wildman–Crippen MR) is 113 cm³/mol. The van der Waals surface area contributed by atoms with Crippen molar-refractivity contribution in [2.45, 2.75) is 17.0 Å². The molecule has 0 N–H and O–H groups in total. The lowest BCUT2D eigenvalue weighted by molar-refractivity contribution is 0.0600. The number of hydrogen-bond donors (Lipinski definition) is 0. The second kappa shape index (κ2) is 8.08. The van der Waals surface area contributed by atoms with Gasteiger partial charge in [-0.2, -0.15) is 0 Å². The van der Waals surface area contributed by atoms with Crippen LogP contribution in [0.15, 0.2) is 58.9 Å². The van der Waals surface area contributed by atoms with E-state index in [0.29, 0.717) is 17.0 Å². The van der Waals surface area contributed by atoms with Crippen molar-refractivity contribution in [2.75, 3.05) is 7.11 Å². The van der Waals surface area contributed by atoms with E-state index in [1.54, 1.807) is 0 Å². The summed E-state index contributed by atoms with van der Waals surface area (Å²) >= 11 is 3.05. The highest BCUT2D eigenvalue weighted by Crippen LogP contribution is 2.36. The number of pyridine rings is 1. The van der Waals surface area contributed by atoms with Crippen molar-refractivity contribution in [3.63, 3.8) is 0 Å². The molecule has 2 aromatic heterocycles. The Kier molecular flexibility index (Phi) is 5.36. The van der Waals surface area contributed by atoms with Crippen molar-refractivity contribution in [2.24, 2.45) is 0 Å². The van der Waals surface area contributed by atoms with Crippen LogP contribution < -0.4 is 0 Å². The van der Waals surface area contributed by atoms with Crippen LogP contribution in [0.5, 0.6) is 0 Å². The first-order chi connectivity index (χ1) is 13.7.